The zero-order valence-corrected chi connectivity index (χ0v) is 13.7. The number of carboxylic acids is 1. The summed E-state index contributed by atoms with van der Waals surface area (Å²) in [6.45, 7) is 2.03. The number of rotatable bonds is 8. The van der Waals surface area contributed by atoms with Crippen LogP contribution >= 0.6 is 0 Å². The lowest BCUT2D eigenvalue weighted by molar-refractivity contribution is -0.274. The predicted octanol–water partition coefficient (Wildman–Crippen LogP) is 3.13. The van der Waals surface area contributed by atoms with Gasteiger partial charge in [0.25, 0.3) is 0 Å². The Morgan fingerprint density at radius 1 is 1.28 bits per heavy atom. The lowest BCUT2D eigenvalue weighted by Gasteiger charge is -2.17. The summed E-state index contributed by atoms with van der Waals surface area (Å²) >= 11 is 0. The molecule has 1 aliphatic carbocycles. The highest BCUT2D eigenvalue weighted by Gasteiger charge is 2.49. The molecule has 8 heteroatoms. The predicted molar refractivity (Wildman–Crippen MR) is 82.9 cm³/mol. The summed E-state index contributed by atoms with van der Waals surface area (Å²) in [5.74, 6) is -1.52. The second-order valence-electron chi connectivity index (χ2n) is 6.56. The molecule has 0 saturated heterocycles. The number of hydrogen-bond acceptors (Lipinski definition) is 3. The minimum absolute atomic E-state index is 0.0199. The maximum absolute atomic E-state index is 12.3. The molecule has 1 saturated carbocycles. The summed E-state index contributed by atoms with van der Waals surface area (Å²) in [6, 6.07) is 5.49. The first kappa shape index (κ1) is 19.1. The first-order valence-corrected chi connectivity index (χ1v) is 7.94. The van der Waals surface area contributed by atoms with E-state index in [-0.39, 0.29) is 30.5 Å². The Hall–Kier alpha value is -2.25. The number of benzene rings is 1. The number of amides is 1. The standard InChI is InChI=1S/C17H20F3NO4/c1-11(8-14(22)23)10-21-15(24)16(6-7-16)9-12-2-4-13(5-3-12)25-17(18,19)20/h2-5,11H,6-10H2,1H3,(H,21,24)(H,22,23). The van der Waals surface area contributed by atoms with E-state index in [1.807, 2.05) is 0 Å². The summed E-state index contributed by atoms with van der Waals surface area (Å²) in [5, 5.41) is 11.5. The molecule has 5 nitrogen and oxygen atoms in total. The monoisotopic (exact) mass is 359 g/mol. The highest BCUT2D eigenvalue weighted by atomic mass is 19.4. The van der Waals surface area contributed by atoms with Crippen molar-refractivity contribution < 1.29 is 32.6 Å². The number of ether oxygens (including phenoxy) is 1. The van der Waals surface area contributed by atoms with Gasteiger partial charge in [0.2, 0.25) is 5.91 Å². The van der Waals surface area contributed by atoms with Gasteiger partial charge >= 0.3 is 12.3 Å². The third-order valence-corrected chi connectivity index (χ3v) is 4.17. The molecule has 1 fully saturated rings. The van der Waals surface area contributed by atoms with E-state index in [1.54, 1.807) is 6.92 Å². The van der Waals surface area contributed by atoms with Crippen LogP contribution in [0.25, 0.3) is 0 Å². The lowest BCUT2D eigenvalue weighted by Crippen LogP contribution is -2.36. The van der Waals surface area contributed by atoms with Crippen molar-refractivity contribution in [3.63, 3.8) is 0 Å². The fourth-order valence-corrected chi connectivity index (χ4v) is 2.66. The normalized spacial score (nSPS) is 16.8. The lowest BCUT2D eigenvalue weighted by atomic mass is 9.95. The van der Waals surface area contributed by atoms with Crippen molar-refractivity contribution in [3.8, 4) is 5.75 Å². The van der Waals surface area contributed by atoms with Crippen LogP contribution in [0.5, 0.6) is 5.75 Å². The van der Waals surface area contributed by atoms with E-state index in [0.29, 0.717) is 19.3 Å². The van der Waals surface area contributed by atoms with Crippen molar-refractivity contribution in [1.29, 1.82) is 0 Å². The average molecular weight is 359 g/mol. The van der Waals surface area contributed by atoms with E-state index < -0.39 is 17.7 Å². The molecule has 0 bridgehead atoms. The third kappa shape index (κ3) is 5.95. The molecule has 1 aromatic rings. The smallest absolute Gasteiger partial charge is 0.481 e. The molecule has 0 radical (unpaired) electrons. The van der Waals surface area contributed by atoms with Crippen LogP contribution in [0.2, 0.25) is 0 Å². The SMILES string of the molecule is CC(CNC(=O)C1(Cc2ccc(OC(F)(F)F)cc2)CC1)CC(=O)O. The van der Waals surface area contributed by atoms with Crippen LogP contribution < -0.4 is 10.1 Å². The van der Waals surface area contributed by atoms with Crippen LogP contribution in [0.15, 0.2) is 24.3 Å². The van der Waals surface area contributed by atoms with E-state index in [1.165, 1.54) is 24.3 Å². The molecule has 1 atom stereocenters. The first-order chi connectivity index (χ1) is 11.6. The van der Waals surface area contributed by atoms with Crippen LogP contribution in [0.3, 0.4) is 0 Å². The number of halogens is 3. The van der Waals surface area contributed by atoms with Gasteiger partial charge in [-0.2, -0.15) is 0 Å². The van der Waals surface area contributed by atoms with Crippen molar-refractivity contribution in [2.24, 2.45) is 11.3 Å². The Morgan fingerprint density at radius 3 is 2.36 bits per heavy atom. The van der Waals surface area contributed by atoms with Gasteiger partial charge in [-0.3, -0.25) is 9.59 Å². The molecule has 1 unspecified atom stereocenters. The van der Waals surface area contributed by atoms with E-state index in [4.69, 9.17) is 5.11 Å². The first-order valence-electron chi connectivity index (χ1n) is 7.94. The van der Waals surface area contributed by atoms with E-state index >= 15 is 0 Å². The van der Waals surface area contributed by atoms with Crippen LogP contribution in [0.4, 0.5) is 13.2 Å². The fourth-order valence-electron chi connectivity index (χ4n) is 2.66. The number of carboxylic acid groups (broad SMARTS) is 1. The van der Waals surface area contributed by atoms with E-state index in [0.717, 1.165) is 5.56 Å². The van der Waals surface area contributed by atoms with Crippen molar-refractivity contribution in [2.75, 3.05) is 6.54 Å². The molecule has 2 N–H and O–H groups in total. The number of alkyl halides is 3. The molecule has 2 rings (SSSR count). The number of nitrogens with one attached hydrogen (secondary N) is 1. The highest BCUT2D eigenvalue weighted by Crippen LogP contribution is 2.48. The van der Waals surface area contributed by atoms with Gasteiger partial charge in [0, 0.05) is 13.0 Å². The highest BCUT2D eigenvalue weighted by molar-refractivity contribution is 5.85. The van der Waals surface area contributed by atoms with Crippen LogP contribution in [-0.2, 0) is 16.0 Å². The van der Waals surface area contributed by atoms with Crippen LogP contribution in [-0.4, -0.2) is 29.9 Å². The molecule has 0 aliphatic heterocycles. The maximum atomic E-state index is 12.3. The summed E-state index contributed by atoms with van der Waals surface area (Å²) < 4.78 is 40.3. The molecule has 0 spiro atoms. The van der Waals surface area contributed by atoms with Gasteiger partial charge in [0.1, 0.15) is 5.75 Å². The van der Waals surface area contributed by atoms with Gasteiger partial charge < -0.3 is 15.2 Å². The molecular weight excluding hydrogens is 339 g/mol. The molecule has 25 heavy (non-hydrogen) atoms. The number of hydrogen-bond donors (Lipinski definition) is 2. The number of carbonyl (C=O) groups is 2. The third-order valence-electron chi connectivity index (χ3n) is 4.17. The summed E-state index contributed by atoms with van der Waals surface area (Å²) in [7, 11) is 0. The Labute approximate surface area is 143 Å². The largest absolute Gasteiger partial charge is 0.573 e. The summed E-state index contributed by atoms with van der Waals surface area (Å²) in [6.07, 6.45) is -2.92. The van der Waals surface area contributed by atoms with Gasteiger partial charge in [0.05, 0.1) is 5.41 Å². The van der Waals surface area contributed by atoms with Crippen LogP contribution in [0.1, 0.15) is 31.7 Å². The molecule has 0 aromatic heterocycles. The summed E-state index contributed by atoms with van der Waals surface area (Å²) in [5.41, 5.74) is 0.204. The molecule has 1 amide bonds. The van der Waals surface area contributed by atoms with Gasteiger partial charge in [-0.1, -0.05) is 19.1 Å². The molecular formula is C17H20F3NO4. The average Bonchev–Trinajstić information content (AvgIpc) is 3.25. The number of carbonyl (C=O) groups excluding carboxylic acids is 1. The Bertz CT molecular complexity index is 624. The van der Waals surface area contributed by atoms with Gasteiger partial charge in [-0.15, -0.1) is 13.2 Å². The van der Waals surface area contributed by atoms with Gasteiger partial charge in [-0.05, 0) is 42.9 Å². The maximum Gasteiger partial charge on any atom is 0.573 e. The van der Waals surface area contributed by atoms with E-state index in [2.05, 4.69) is 10.1 Å². The van der Waals surface area contributed by atoms with E-state index in [9.17, 15) is 22.8 Å². The van der Waals surface area contributed by atoms with Gasteiger partial charge in [0.15, 0.2) is 0 Å². The van der Waals surface area contributed by atoms with Crippen molar-refractivity contribution in [1.82, 2.24) is 5.32 Å². The molecule has 1 aromatic carbocycles. The fraction of sp³-hybridized carbons (Fsp3) is 0.529. The quantitative estimate of drug-likeness (QED) is 0.748. The molecule has 1 aliphatic rings. The summed E-state index contributed by atoms with van der Waals surface area (Å²) in [4.78, 5) is 23.0. The Kier molecular flexibility index (Phi) is 5.59. The van der Waals surface area contributed by atoms with Crippen molar-refractivity contribution in [2.45, 2.75) is 39.0 Å². The zero-order chi connectivity index (χ0) is 18.7. The van der Waals surface area contributed by atoms with Gasteiger partial charge in [-0.25, -0.2) is 0 Å². The second-order valence-corrected chi connectivity index (χ2v) is 6.56. The van der Waals surface area contributed by atoms with Crippen molar-refractivity contribution in [3.05, 3.63) is 29.8 Å². The van der Waals surface area contributed by atoms with Crippen molar-refractivity contribution >= 4 is 11.9 Å². The van der Waals surface area contributed by atoms with Crippen LogP contribution in [0, 0.1) is 11.3 Å². The second kappa shape index (κ2) is 7.33. The minimum atomic E-state index is -4.73. The Balaban J connectivity index is 1.88. The topological polar surface area (TPSA) is 75.6 Å². The zero-order valence-electron chi connectivity index (χ0n) is 13.7. The number of aliphatic carboxylic acids is 1. The minimum Gasteiger partial charge on any atom is -0.481 e. The molecule has 0 heterocycles. The Morgan fingerprint density at radius 2 is 1.88 bits per heavy atom. The molecule has 138 valence electrons.